The molecule has 0 atom stereocenters. The largest absolute Gasteiger partial charge is 0.469 e. The highest BCUT2D eigenvalue weighted by molar-refractivity contribution is 5.73. The van der Waals surface area contributed by atoms with Crippen molar-refractivity contribution in [2.24, 2.45) is 0 Å². The molecule has 1 aromatic rings. The Labute approximate surface area is 113 Å². The molecular weight excluding hydrogens is 244 g/mol. The summed E-state index contributed by atoms with van der Waals surface area (Å²) in [6.45, 7) is 4.14. The van der Waals surface area contributed by atoms with E-state index >= 15 is 0 Å². The van der Waals surface area contributed by atoms with Gasteiger partial charge in [-0.05, 0) is 37.0 Å². The molecule has 0 aliphatic rings. The van der Waals surface area contributed by atoms with Gasteiger partial charge in [-0.2, -0.15) is 0 Å². The number of ether oxygens (including phenoxy) is 2. The van der Waals surface area contributed by atoms with Crippen LogP contribution in [0.15, 0.2) is 18.2 Å². The minimum atomic E-state index is -0.215. The van der Waals surface area contributed by atoms with E-state index in [0.717, 1.165) is 16.7 Å². The van der Waals surface area contributed by atoms with E-state index in [4.69, 9.17) is 4.74 Å². The Morgan fingerprint density at radius 2 is 1.95 bits per heavy atom. The van der Waals surface area contributed by atoms with E-state index in [9.17, 15) is 9.59 Å². The zero-order valence-corrected chi connectivity index (χ0v) is 11.7. The Morgan fingerprint density at radius 1 is 1.21 bits per heavy atom. The van der Waals surface area contributed by atoms with Gasteiger partial charge in [0.25, 0.3) is 0 Å². The Balaban J connectivity index is 2.63. The summed E-state index contributed by atoms with van der Waals surface area (Å²) >= 11 is 0. The highest BCUT2D eigenvalue weighted by Gasteiger charge is 2.08. The predicted molar refractivity (Wildman–Crippen MR) is 71.9 cm³/mol. The summed E-state index contributed by atoms with van der Waals surface area (Å²) in [4.78, 5) is 22.5. The van der Waals surface area contributed by atoms with Gasteiger partial charge in [0.1, 0.15) is 0 Å². The first-order valence-corrected chi connectivity index (χ1v) is 6.37. The molecule has 0 radical (unpaired) electrons. The average molecular weight is 264 g/mol. The second kappa shape index (κ2) is 7.56. The SMILES string of the molecule is CCOC(=O)Cc1ccc(CCC(=O)OC)cc1C. The maximum Gasteiger partial charge on any atom is 0.310 e. The molecule has 19 heavy (non-hydrogen) atoms. The van der Waals surface area contributed by atoms with Crippen LogP contribution >= 0.6 is 0 Å². The smallest absolute Gasteiger partial charge is 0.310 e. The minimum Gasteiger partial charge on any atom is -0.469 e. The molecule has 0 saturated carbocycles. The molecule has 0 aliphatic carbocycles. The number of benzene rings is 1. The first-order valence-electron chi connectivity index (χ1n) is 6.37. The van der Waals surface area contributed by atoms with E-state index in [-0.39, 0.29) is 18.4 Å². The molecule has 0 saturated heterocycles. The Morgan fingerprint density at radius 3 is 2.53 bits per heavy atom. The number of carbonyl (C=O) groups excluding carboxylic acids is 2. The summed E-state index contributed by atoms with van der Waals surface area (Å²) in [6, 6.07) is 5.85. The number of carbonyl (C=O) groups is 2. The summed E-state index contributed by atoms with van der Waals surface area (Å²) in [5, 5.41) is 0. The van der Waals surface area contributed by atoms with Gasteiger partial charge in [0.15, 0.2) is 0 Å². The van der Waals surface area contributed by atoms with E-state index in [1.807, 2.05) is 25.1 Å². The van der Waals surface area contributed by atoms with Crippen molar-refractivity contribution >= 4 is 11.9 Å². The Kier molecular flexibility index (Phi) is 6.06. The molecule has 0 aliphatic heterocycles. The quantitative estimate of drug-likeness (QED) is 0.739. The van der Waals surface area contributed by atoms with Crippen molar-refractivity contribution in [3.63, 3.8) is 0 Å². The molecule has 0 aromatic heterocycles. The summed E-state index contributed by atoms with van der Waals surface area (Å²) in [5.74, 6) is -0.429. The van der Waals surface area contributed by atoms with Crippen molar-refractivity contribution in [2.75, 3.05) is 13.7 Å². The molecule has 4 nitrogen and oxygen atoms in total. The third-order valence-corrected chi connectivity index (χ3v) is 2.89. The van der Waals surface area contributed by atoms with E-state index in [0.29, 0.717) is 19.4 Å². The van der Waals surface area contributed by atoms with Crippen LogP contribution in [-0.2, 0) is 31.9 Å². The van der Waals surface area contributed by atoms with Crippen molar-refractivity contribution in [3.05, 3.63) is 34.9 Å². The number of hydrogen-bond acceptors (Lipinski definition) is 4. The molecule has 1 rings (SSSR count). The maximum absolute atomic E-state index is 11.4. The van der Waals surface area contributed by atoms with Gasteiger partial charge in [-0.25, -0.2) is 0 Å². The first-order chi connectivity index (χ1) is 9.06. The maximum atomic E-state index is 11.4. The molecule has 104 valence electrons. The van der Waals surface area contributed by atoms with Gasteiger partial charge in [-0.1, -0.05) is 18.2 Å². The van der Waals surface area contributed by atoms with Crippen LogP contribution in [0.25, 0.3) is 0 Å². The lowest BCUT2D eigenvalue weighted by Gasteiger charge is -2.08. The van der Waals surface area contributed by atoms with Crippen molar-refractivity contribution in [1.82, 2.24) is 0 Å². The lowest BCUT2D eigenvalue weighted by Crippen LogP contribution is -2.09. The van der Waals surface area contributed by atoms with E-state index in [1.165, 1.54) is 7.11 Å². The second-order valence-electron chi connectivity index (χ2n) is 4.32. The topological polar surface area (TPSA) is 52.6 Å². The summed E-state index contributed by atoms with van der Waals surface area (Å²) in [7, 11) is 1.38. The lowest BCUT2D eigenvalue weighted by molar-refractivity contribution is -0.142. The third kappa shape index (κ3) is 5.12. The van der Waals surface area contributed by atoms with Crippen LogP contribution in [0.5, 0.6) is 0 Å². The van der Waals surface area contributed by atoms with Gasteiger partial charge in [0.05, 0.1) is 20.1 Å². The first kappa shape index (κ1) is 15.2. The lowest BCUT2D eigenvalue weighted by atomic mass is 10.0. The van der Waals surface area contributed by atoms with Gasteiger partial charge in [0.2, 0.25) is 0 Å². The van der Waals surface area contributed by atoms with Crippen LogP contribution < -0.4 is 0 Å². The van der Waals surface area contributed by atoms with Crippen molar-refractivity contribution in [3.8, 4) is 0 Å². The zero-order chi connectivity index (χ0) is 14.3. The number of aryl methyl sites for hydroxylation is 2. The van der Waals surface area contributed by atoms with Crippen LogP contribution in [0.1, 0.15) is 30.0 Å². The number of rotatable bonds is 6. The zero-order valence-electron chi connectivity index (χ0n) is 11.7. The molecule has 0 N–H and O–H groups in total. The molecule has 0 heterocycles. The standard InChI is InChI=1S/C15H20O4/c1-4-19-15(17)10-13-7-5-12(9-11(13)2)6-8-14(16)18-3/h5,7,9H,4,6,8,10H2,1-3H3. The summed E-state index contributed by atoms with van der Waals surface area (Å²) in [6.07, 6.45) is 1.30. The molecular formula is C15H20O4. The Bertz CT molecular complexity index is 451. The number of esters is 2. The molecule has 0 amide bonds. The fraction of sp³-hybridized carbons (Fsp3) is 0.467. The van der Waals surface area contributed by atoms with Crippen LogP contribution in [-0.4, -0.2) is 25.7 Å². The van der Waals surface area contributed by atoms with Crippen LogP contribution in [0.2, 0.25) is 0 Å². The van der Waals surface area contributed by atoms with Crippen molar-refractivity contribution in [2.45, 2.75) is 33.1 Å². The molecule has 0 bridgehead atoms. The molecule has 4 heteroatoms. The van der Waals surface area contributed by atoms with Gasteiger partial charge in [-0.15, -0.1) is 0 Å². The van der Waals surface area contributed by atoms with E-state index in [1.54, 1.807) is 6.92 Å². The van der Waals surface area contributed by atoms with E-state index < -0.39 is 0 Å². The number of hydrogen-bond donors (Lipinski definition) is 0. The van der Waals surface area contributed by atoms with Crippen LogP contribution in [0.3, 0.4) is 0 Å². The minimum absolute atomic E-state index is 0.215. The van der Waals surface area contributed by atoms with Crippen molar-refractivity contribution in [1.29, 1.82) is 0 Å². The summed E-state index contributed by atoms with van der Waals surface area (Å²) in [5.41, 5.74) is 3.06. The monoisotopic (exact) mass is 264 g/mol. The van der Waals surface area contributed by atoms with Gasteiger partial charge in [-0.3, -0.25) is 9.59 Å². The van der Waals surface area contributed by atoms with Crippen LogP contribution in [0, 0.1) is 6.92 Å². The van der Waals surface area contributed by atoms with Gasteiger partial charge >= 0.3 is 11.9 Å². The molecule has 1 aromatic carbocycles. The fourth-order valence-electron chi connectivity index (χ4n) is 1.83. The van der Waals surface area contributed by atoms with Crippen LogP contribution in [0.4, 0.5) is 0 Å². The fourth-order valence-corrected chi connectivity index (χ4v) is 1.83. The normalized spacial score (nSPS) is 10.1. The van der Waals surface area contributed by atoms with Crippen molar-refractivity contribution < 1.29 is 19.1 Å². The highest BCUT2D eigenvalue weighted by atomic mass is 16.5. The second-order valence-corrected chi connectivity index (χ2v) is 4.32. The molecule has 0 fully saturated rings. The average Bonchev–Trinajstić information content (AvgIpc) is 2.39. The van der Waals surface area contributed by atoms with Gasteiger partial charge < -0.3 is 9.47 Å². The third-order valence-electron chi connectivity index (χ3n) is 2.89. The summed E-state index contributed by atoms with van der Waals surface area (Å²) < 4.78 is 9.53. The Hall–Kier alpha value is -1.84. The molecule has 0 spiro atoms. The molecule has 0 unspecified atom stereocenters. The predicted octanol–water partition coefficient (Wildman–Crippen LogP) is 2.21. The van der Waals surface area contributed by atoms with E-state index in [2.05, 4.69) is 4.74 Å². The number of methoxy groups -OCH3 is 1. The van der Waals surface area contributed by atoms with Gasteiger partial charge in [0, 0.05) is 6.42 Å². The highest BCUT2D eigenvalue weighted by Crippen LogP contribution is 2.14.